The standard InChI is InChI=1S/C20H23N3O5/c1-21(20(24)15-28-19-4-2-3-18(13-19)23(25)26)14-16-5-7-17(8-6-16)22-9-11-27-12-10-22/h2-8,13H,9-12,14-15H2,1H3. The van der Waals surface area contributed by atoms with Gasteiger partial charge in [-0.15, -0.1) is 0 Å². The van der Waals surface area contributed by atoms with Gasteiger partial charge in [-0.05, 0) is 23.8 Å². The second kappa shape index (κ2) is 9.18. The van der Waals surface area contributed by atoms with Gasteiger partial charge >= 0.3 is 0 Å². The van der Waals surface area contributed by atoms with Crippen molar-refractivity contribution in [3.63, 3.8) is 0 Å². The molecule has 1 fully saturated rings. The molecule has 1 heterocycles. The number of rotatable bonds is 7. The number of nitro benzene ring substituents is 1. The first-order valence-corrected chi connectivity index (χ1v) is 9.06. The lowest BCUT2D eigenvalue weighted by Crippen LogP contribution is -2.36. The molecule has 1 aliphatic rings. The van der Waals surface area contributed by atoms with E-state index in [1.165, 1.54) is 18.2 Å². The first-order valence-electron chi connectivity index (χ1n) is 9.06. The monoisotopic (exact) mass is 385 g/mol. The minimum Gasteiger partial charge on any atom is -0.484 e. The Morgan fingerprint density at radius 1 is 1.21 bits per heavy atom. The van der Waals surface area contributed by atoms with Gasteiger partial charge in [-0.25, -0.2) is 0 Å². The van der Waals surface area contributed by atoms with E-state index >= 15 is 0 Å². The van der Waals surface area contributed by atoms with E-state index in [0.717, 1.165) is 37.6 Å². The van der Waals surface area contributed by atoms with Crippen molar-refractivity contribution in [2.45, 2.75) is 6.54 Å². The van der Waals surface area contributed by atoms with Crippen molar-refractivity contribution < 1.29 is 19.2 Å². The van der Waals surface area contributed by atoms with Gasteiger partial charge in [0.1, 0.15) is 5.75 Å². The molecular formula is C20H23N3O5. The van der Waals surface area contributed by atoms with Gasteiger partial charge in [-0.1, -0.05) is 18.2 Å². The molecule has 1 saturated heterocycles. The molecule has 8 nitrogen and oxygen atoms in total. The molecule has 148 valence electrons. The summed E-state index contributed by atoms with van der Waals surface area (Å²) >= 11 is 0. The second-order valence-corrected chi connectivity index (χ2v) is 6.56. The first-order chi connectivity index (χ1) is 13.5. The topological polar surface area (TPSA) is 85.2 Å². The van der Waals surface area contributed by atoms with E-state index < -0.39 is 4.92 Å². The Balaban J connectivity index is 1.51. The first kappa shape index (κ1) is 19.6. The molecule has 2 aromatic carbocycles. The van der Waals surface area contributed by atoms with Crippen LogP contribution in [0.2, 0.25) is 0 Å². The van der Waals surface area contributed by atoms with Crippen LogP contribution in [0.25, 0.3) is 0 Å². The summed E-state index contributed by atoms with van der Waals surface area (Å²) in [5.41, 5.74) is 2.09. The minimum atomic E-state index is -0.499. The third kappa shape index (κ3) is 5.20. The molecule has 1 aliphatic heterocycles. The zero-order valence-corrected chi connectivity index (χ0v) is 15.7. The molecule has 0 spiro atoms. The van der Waals surface area contributed by atoms with Gasteiger partial charge in [0.25, 0.3) is 11.6 Å². The number of anilines is 1. The number of nitrogens with zero attached hydrogens (tertiary/aromatic N) is 3. The molecule has 8 heteroatoms. The fourth-order valence-electron chi connectivity index (χ4n) is 2.94. The Morgan fingerprint density at radius 2 is 1.93 bits per heavy atom. The molecule has 0 atom stereocenters. The predicted molar refractivity (Wildman–Crippen MR) is 105 cm³/mol. The highest BCUT2D eigenvalue weighted by Crippen LogP contribution is 2.20. The molecule has 1 amide bonds. The SMILES string of the molecule is CN(Cc1ccc(N2CCOCC2)cc1)C(=O)COc1cccc([N+](=O)[O-])c1. The molecule has 0 unspecified atom stereocenters. The van der Waals surface area contributed by atoms with Gasteiger partial charge in [0.05, 0.1) is 24.2 Å². The Hall–Kier alpha value is -3.13. The number of morpholine rings is 1. The van der Waals surface area contributed by atoms with Gasteiger partial charge < -0.3 is 19.3 Å². The molecule has 2 aromatic rings. The quantitative estimate of drug-likeness (QED) is 0.538. The van der Waals surface area contributed by atoms with E-state index in [0.29, 0.717) is 12.3 Å². The number of ether oxygens (including phenoxy) is 2. The van der Waals surface area contributed by atoms with Crippen LogP contribution in [0.4, 0.5) is 11.4 Å². The third-order valence-corrected chi connectivity index (χ3v) is 4.55. The van der Waals surface area contributed by atoms with Crippen LogP contribution in [0.1, 0.15) is 5.56 Å². The van der Waals surface area contributed by atoms with Crippen molar-refractivity contribution in [3.8, 4) is 5.75 Å². The number of likely N-dealkylation sites (N-methyl/N-ethyl adjacent to an activating group) is 1. The minimum absolute atomic E-state index is 0.0707. The number of carbonyl (C=O) groups is 1. The van der Waals surface area contributed by atoms with Crippen LogP contribution in [0.5, 0.6) is 5.75 Å². The second-order valence-electron chi connectivity index (χ2n) is 6.56. The lowest BCUT2D eigenvalue weighted by molar-refractivity contribution is -0.384. The number of carbonyl (C=O) groups excluding carboxylic acids is 1. The fraction of sp³-hybridized carbons (Fsp3) is 0.350. The highest BCUT2D eigenvalue weighted by Gasteiger charge is 2.14. The molecule has 3 rings (SSSR count). The van der Waals surface area contributed by atoms with Crippen molar-refractivity contribution in [3.05, 3.63) is 64.2 Å². The maximum absolute atomic E-state index is 12.3. The van der Waals surface area contributed by atoms with Crippen molar-refractivity contribution >= 4 is 17.3 Å². The zero-order chi connectivity index (χ0) is 19.9. The van der Waals surface area contributed by atoms with Crippen molar-refractivity contribution in [2.75, 3.05) is 44.9 Å². The van der Waals surface area contributed by atoms with Crippen molar-refractivity contribution in [1.29, 1.82) is 0 Å². The van der Waals surface area contributed by atoms with Crippen LogP contribution in [0.15, 0.2) is 48.5 Å². The Morgan fingerprint density at radius 3 is 2.61 bits per heavy atom. The predicted octanol–water partition coefficient (Wildman–Crippen LogP) is 2.47. The summed E-state index contributed by atoms with van der Waals surface area (Å²) in [7, 11) is 1.70. The van der Waals surface area contributed by atoms with Crippen LogP contribution in [0.3, 0.4) is 0 Å². The number of amides is 1. The average Bonchev–Trinajstić information content (AvgIpc) is 2.73. The highest BCUT2D eigenvalue weighted by atomic mass is 16.6. The lowest BCUT2D eigenvalue weighted by Gasteiger charge is -2.29. The molecule has 0 N–H and O–H groups in total. The van der Waals surface area contributed by atoms with Crippen LogP contribution >= 0.6 is 0 Å². The average molecular weight is 385 g/mol. The molecule has 28 heavy (non-hydrogen) atoms. The fourth-order valence-corrected chi connectivity index (χ4v) is 2.94. The van der Waals surface area contributed by atoms with Gasteiger partial charge in [-0.3, -0.25) is 14.9 Å². The number of hydrogen-bond acceptors (Lipinski definition) is 6. The molecule has 0 bridgehead atoms. The van der Waals surface area contributed by atoms with E-state index in [1.807, 2.05) is 12.1 Å². The molecular weight excluding hydrogens is 362 g/mol. The maximum atomic E-state index is 12.3. The van der Waals surface area contributed by atoms with Crippen LogP contribution < -0.4 is 9.64 Å². The summed E-state index contributed by atoms with van der Waals surface area (Å²) in [5, 5.41) is 10.8. The van der Waals surface area contributed by atoms with E-state index in [4.69, 9.17) is 9.47 Å². The molecule has 0 saturated carbocycles. The van der Waals surface area contributed by atoms with Crippen molar-refractivity contribution in [1.82, 2.24) is 4.90 Å². The van der Waals surface area contributed by atoms with E-state index in [1.54, 1.807) is 18.0 Å². The third-order valence-electron chi connectivity index (χ3n) is 4.55. The van der Waals surface area contributed by atoms with E-state index in [9.17, 15) is 14.9 Å². The van der Waals surface area contributed by atoms with Gasteiger partial charge in [0.15, 0.2) is 6.61 Å². The summed E-state index contributed by atoms with van der Waals surface area (Å²) in [6, 6.07) is 13.9. The number of hydrogen-bond donors (Lipinski definition) is 0. The van der Waals surface area contributed by atoms with Crippen molar-refractivity contribution in [2.24, 2.45) is 0 Å². The smallest absolute Gasteiger partial charge is 0.273 e. The molecule has 0 radical (unpaired) electrons. The van der Waals surface area contributed by atoms with Gasteiger partial charge in [0.2, 0.25) is 0 Å². The summed E-state index contributed by atoms with van der Waals surface area (Å²) in [4.78, 5) is 26.4. The summed E-state index contributed by atoms with van der Waals surface area (Å²) < 4.78 is 10.8. The summed E-state index contributed by atoms with van der Waals surface area (Å²) in [6.45, 7) is 3.52. The largest absolute Gasteiger partial charge is 0.484 e. The summed E-state index contributed by atoms with van der Waals surface area (Å²) in [6.07, 6.45) is 0. The highest BCUT2D eigenvalue weighted by molar-refractivity contribution is 5.77. The van der Waals surface area contributed by atoms with Crippen LogP contribution in [0, 0.1) is 10.1 Å². The Labute approximate surface area is 163 Å². The lowest BCUT2D eigenvalue weighted by atomic mass is 10.1. The number of nitro groups is 1. The van der Waals surface area contributed by atoms with E-state index in [-0.39, 0.29) is 18.2 Å². The molecule has 0 aliphatic carbocycles. The zero-order valence-electron chi connectivity index (χ0n) is 15.7. The van der Waals surface area contributed by atoms with E-state index in [2.05, 4.69) is 17.0 Å². The molecule has 0 aromatic heterocycles. The Kier molecular flexibility index (Phi) is 6.44. The maximum Gasteiger partial charge on any atom is 0.273 e. The number of benzene rings is 2. The Bertz CT molecular complexity index is 819. The normalized spacial score (nSPS) is 13.8. The van der Waals surface area contributed by atoms with Gasteiger partial charge in [-0.2, -0.15) is 0 Å². The van der Waals surface area contributed by atoms with Gasteiger partial charge in [0, 0.05) is 38.4 Å². The van der Waals surface area contributed by atoms with Crippen LogP contribution in [-0.2, 0) is 16.1 Å². The summed E-state index contributed by atoms with van der Waals surface area (Å²) in [5.74, 6) is 0.0922. The van der Waals surface area contributed by atoms with Crippen LogP contribution in [-0.4, -0.2) is 55.7 Å². The number of non-ortho nitro benzene ring substituents is 1.